The summed E-state index contributed by atoms with van der Waals surface area (Å²) < 4.78 is 403. The van der Waals surface area contributed by atoms with Crippen LogP contribution in [0.1, 0.15) is 0 Å². The first-order valence-corrected chi connectivity index (χ1v) is 23.4. The summed E-state index contributed by atoms with van der Waals surface area (Å²) in [4.78, 5) is 2.87. The van der Waals surface area contributed by atoms with Crippen molar-refractivity contribution in [1.82, 2.24) is 15.2 Å². The van der Waals surface area contributed by atoms with Crippen LogP contribution in [0.3, 0.4) is 0 Å². The summed E-state index contributed by atoms with van der Waals surface area (Å²) in [5.74, 6) is -88.2. The Labute approximate surface area is 428 Å². The minimum Gasteiger partial charge on any atom is -0.508 e. The number of halogens is 30. The van der Waals surface area contributed by atoms with Gasteiger partial charge in [0.05, 0.1) is 0 Å². The second-order valence-electron chi connectivity index (χ2n) is 15.2. The Bertz CT molecular complexity index is 3110. The molecule has 0 bridgehead atoms. The summed E-state index contributed by atoms with van der Waals surface area (Å²) in [5.41, 5.74) is 0.908. The number of phenolic OH excluding ortho intramolecular Hbond substituents is 1. The van der Waals surface area contributed by atoms with Crippen LogP contribution in [0.5, 0.6) is 5.75 Å². The van der Waals surface area contributed by atoms with Gasteiger partial charge < -0.3 is 10.1 Å². The molecule has 0 amide bonds. The van der Waals surface area contributed by atoms with Crippen molar-refractivity contribution in [3.8, 4) is 17.1 Å². The van der Waals surface area contributed by atoms with Crippen LogP contribution in [0, 0.1) is 175 Å². The molecular weight excluding hydrogens is 1210 g/mol. The van der Waals surface area contributed by atoms with Gasteiger partial charge in [-0.05, 0) is 50.8 Å². The molecule has 0 spiro atoms. The zero-order valence-electron chi connectivity index (χ0n) is 36.7. The molecule has 0 saturated carbocycles. The molecule has 1 aromatic heterocycles. The Morgan fingerprint density at radius 2 is 0.412 bits per heavy atom. The standard InChI is InChI=1S/C8H7N3O.6C6F5.2Al/c12-7-3-1-6(2-4-7)8-9-5-10-11-8;6*7-2-1-3(8)5(10)6(11)4(2)9;;/h1-5,12H,(H,9,10,11);;;;;;;;. The van der Waals surface area contributed by atoms with Gasteiger partial charge in [0.1, 0.15) is 12.1 Å². The van der Waals surface area contributed by atoms with Gasteiger partial charge in [-0.15, -0.1) is 10.2 Å². The highest BCUT2D eigenvalue weighted by molar-refractivity contribution is 6.96. The lowest BCUT2D eigenvalue weighted by atomic mass is 10.2. The van der Waals surface area contributed by atoms with Crippen molar-refractivity contribution in [2.24, 2.45) is 0 Å². The zero-order valence-corrected chi connectivity index (χ0v) is 39.0. The maximum Gasteiger partial charge on any atom is 0.413 e. The Morgan fingerprint density at radius 1 is 0.250 bits per heavy atom. The number of rotatable bonds is 7. The number of hydrogen-bond acceptors (Lipinski definition) is 3. The van der Waals surface area contributed by atoms with Gasteiger partial charge >= 0.3 is 28.3 Å². The molecule has 0 fully saturated rings. The first-order chi connectivity index (χ1) is 37.2. The molecule has 0 aliphatic heterocycles. The van der Waals surface area contributed by atoms with Gasteiger partial charge in [0.15, 0.2) is 180 Å². The van der Waals surface area contributed by atoms with Crippen molar-refractivity contribution in [3.63, 3.8) is 0 Å². The van der Waals surface area contributed by atoms with Crippen LogP contribution in [-0.2, 0) is 0 Å². The van der Waals surface area contributed by atoms with Crippen molar-refractivity contribution in [3.05, 3.63) is 205 Å². The lowest BCUT2D eigenvalue weighted by Gasteiger charge is -2.20. The van der Waals surface area contributed by atoms with Crippen molar-refractivity contribution < 1.29 is 137 Å². The predicted molar refractivity (Wildman–Crippen MR) is 210 cm³/mol. The minimum atomic E-state index is -5.96. The topological polar surface area (TPSA) is 61.8 Å². The van der Waals surface area contributed by atoms with E-state index in [4.69, 9.17) is 5.11 Å². The highest BCUT2D eigenvalue weighted by Crippen LogP contribution is 2.27. The van der Waals surface area contributed by atoms with Gasteiger partial charge in [-0.1, -0.05) is 0 Å². The first-order valence-electron chi connectivity index (χ1n) is 19.9. The minimum absolute atomic E-state index is 0.248. The maximum atomic E-state index is 14.4. The molecule has 8 aromatic rings. The number of hydrogen-bond donors (Lipinski definition) is 2. The fraction of sp³-hybridized carbons (Fsp3) is 0. The Balaban J connectivity index is 0.000000213. The van der Waals surface area contributed by atoms with Gasteiger partial charge in [-0.2, -0.15) is 0 Å². The average molecular weight is 1220 g/mol. The van der Waals surface area contributed by atoms with Crippen molar-refractivity contribution >= 4 is 54.8 Å². The van der Waals surface area contributed by atoms with Crippen LogP contribution in [0.25, 0.3) is 11.4 Å². The summed E-state index contributed by atoms with van der Waals surface area (Å²) in [7, 11) is 0. The molecule has 0 atom stereocenters. The number of aromatic nitrogens is 3. The first kappa shape index (κ1) is 61.7. The quantitative estimate of drug-likeness (QED) is 0.0724. The third kappa shape index (κ3) is 10.3. The van der Waals surface area contributed by atoms with Gasteiger partial charge in [-0.3, -0.25) is 0 Å². The number of phenols is 1. The zero-order chi connectivity index (χ0) is 60.3. The van der Waals surface area contributed by atoms with E-state index in [2.05, 4.69) is 15.2 Å². The van der Waals surface area contributed by atoms with E-state index in [1.54, 1.807) is 24.3 Å². The normalized spacial score (nSPS) is 11.2. The fourth-order valence-corrected chi connectivity index (χ4v) is 13.4. The van der Waals surface area contributed by atoms with Crippen LogP contribution in [0.2, 0.25) is 0 Å². The largest absolute Gasteiger partial charge is 0.508 e. The number of H-pyrrole nitrogens is 1. The van der Waals surface area contributed by atoms with E-state index >= 15 is 0 Å². The summed E-state index contributed by atoms with van der Waals surface area (Å²) in [6.45, 7) is 0. The summed E-state index contributed by atoms with van der Waals surface area (Å²) >= 11 is -11.9. The summed E-state index contributed by atoms with van der Waals surface area (Å²) in [6.07, 6.45) is 1.52. The smallest absolute Gasteiger partial charge is 0.413 e. The van der Waals surface area contributed by atoms with Crippen LogP contribution in [0.15, 0.2) is 30.6 Å². The molecular formula is C44H7Al2F30N3O. The van der Waals surface area contributed by atoms with Crippen LogP contribution in [-0.4, -0.2) is 48.6 Å². The summed E-state index contributed by atoms with van der Waals surface area (Å²) in [6, 6.07) is 6.77. The van der Waals surface area contributed by atoms with E-state index in [0.717, 1.165) is 5.56 Å². The summed E-state index contributed by atoms with van der Waals surface area (Å²) in [5, 5.41) is 16.5. The van der Waals surface area contributed by atoms with Crippen LogP contribution >= 0.6 is 0 Å². The molecule has 0 aliphatic rings. The third-order valence-electron chi connectivity index (χ3n) is 10.8. The lowest BCUT2D eigenvalue weighted by molar-refractivity contribution is 0.380. The molecule has 1 heterocycles. The Hall–Kier alpha value is -7.56. The molecule has 80 heavy (non-hydrogen) atoms. The molecule has 7 aromatic carbocycles. The van der Waals surface area contributed by atoms with E-state index in [-0.39, 0.29) is 5.75 Å². The van der Waals surface area contributed by atoms with E-state index in [1.165, 1.54) is 6.33 Å². The van der Waals surface area contributed by atoms with Crippen molar-refractivity contribution in [2.75, 3.05) is 0 Å². The number of benzene rings is 7. The molecule has 36 heteroatoms. The number of nitrogens with zero attached hydrogens (tertiary/aromatic N) is 2. The molecule has 0 aliphatic carbocycles. The highest BCUT2D eigenvalue weighted by Gasteiger charge is 2.49. The second-order valence-corrected chi connectivity index (χ2v) is 20.3. The van der Waals surface area contributed by atoms with Crippen molar-refractivity contribution in [2.45, 2.75) is 0 Å². The van der Waals surface area contributed by atoms with Gasteiger partial charge in [0.2, 0.25) is 0 Å². The molecule has 420 valence electrons. The van der Waals surface area contributed by atoms with E-state index in [1.807, 2.05) is 0 Å². The molecule has 2 N–H and O–H groups in total. The number of nitrogens with one attached hydrogen (secondary N) is 1. The highest BCUT2D eigenvalue weighted by atomic mass is 27.2. The SMILES string of the molecule is Fc1c(F)c(F)[c]([Al]([c]2c(F)c(F)c(F)c(F)c2F)[c]2c(F)c(F)c(F)c(F)c2F)c(F)c1F.Fc1c(F)c(F)[c]([Al]([c]2c(F)c(F)c(F)c(F)c2F)[c]2c(F)c(F)c(F)c(F)c2F)c(F)c1F.Oc1ccc(-c2nnc[nH]2)cc1. The molecule has 4 nitrogen and oxygen atoms in total. The van der Waals surface area contributed by atoms with E-state index in [9.17, 15) is 132 Å². The average Bonchev–Trinajstić information content (AvgIpc) is 3.99. The van der Waals surface area contributed by atoms with E-state index < -0.39 is 229 Å². The van der Waals surface area contributed by atoms with Crippen molar-refractivity contribution in [1.29, 1.82) is 0 Å². The van der Waals surface area contributed by atoms with Crippen LogP contribution < -0.4 is 26.6 Å². The second kappa shape index (κ2) is 23.3. The molecule has 0 saturated heterocycles. The van der Waals surface area contributed by atoms with Crippen LogP contribution in [0.4, 0.5) is 132 Å². The number of aromatic hydroxyl groups is 1. The predicted octanol–water partition coefficient (Wildman–Crippen LogP) is 9.76. The van der Waals surface area contributed by atoms with Gasteiger partial charge in [0.25, 0.3) is 0 Å². The lowest BCUT2D eigenvalue weighted by Crippen LogP contribution is -2.60. The molecule has 0 unspecified atom stereocenters. The Kier molecular flexibility index (Phi) is 17.9. The van der Waals surface area contributed by atoms with Gasteiger partial charge in [0, 0.05) is 5.56 Å². The van der Waals surface area contributed by atoms with Gasteiger partial charge in [-0.25, -0.2) is 132 Å². The Morgan fingerprint density at radius 3 is 0.562 bits per heavy atom. The third-order valence-corrected chi connectivity index (χ3v) is 17.3. The maximum absolute atomic E-state index is 14.4. The van der Waals surface area contributed by atoms with E-state index in [0.29, 0.717) is 5.82 Å². The molecule has 0 radical (unpaired) electrons. The fourth-order valence-electron chi connectivity index (χ4n) is 7.08. The molecule has 8 rings (SSSR count). The monoisotopic (exact) mass is 1220 g/mol. The number of aromatic amines is 1.